The highest BCUT2D eigenvalue weighted by molar-refractivity contribution is 6.62. The van der Waals surface area contributed by atoms with Crippen LogP contribution in [0.1, 0.15) is 48.5 Å². The molecule has 138 valence electrons. The lowest BCUT2D eigenvalue weighted by Gasteiger charge is -2.32. The summed E-state index contributed by atoms with van der Waals surface area (Å²) in [6.07, 6.45) is 0. The van der Waals surface area contributed by atoms with Crippen LogP contribution in [0.3, 0.4) is 0 Å². The topological polar surface area (TPSA) is 54.0 Å². The summed E-state index contributed by atoms with van der Waals surface area (Å²) in [7, 11) is -0.714. The minimum atomic E-state index is -1.24. The van der Waals surface area contributed by atoms with Gasteiger partial charge in [-0.05, 0) is 66.1 Å². The van der Waals surface area contributed by atoms with Gasteiger partial charge in [0.1, 0.15) is 11.6 Å². The second-order valence-corrected chi connectivity index (χ2v) is 7.64. The van der Waals surface area contributed by atoms with Crippen molar-refractivity contribution in [2.75, 3.05) is 6.61 Å². The molecule has 1 aromatic rings. The Balaban J connectivity index is 2.26. The first kappa shape index (κ1) is 19.7. The quantitative estimate of drug-likeness (QED) is 0.603. The first-order chi connectivity index (χ1) is 11.4. The Bertz CT molecular complexity index is 641. The van der Waals surface area contributed by atoms with E-state index in [1.807, 2.05) is 27.7 Å². The van der Waals surface area contributed by atoms with E-state index < -0.39 is 35.7 Å². The Morgan fingerprint density at radius 3 is 2.24 bits per heavy atom. The average Bonchev–Trinajstić information content (AvgIpc) is 2.66. The zero-order valence-electron chi connectivity index (χ0n) is 15.9. The molecule has 25 heavy (non-hydrogen) atoms. The van der Waals surface area contributed by atoms with Crippen LogP contribution in [0.25, 0.3) is 0 Å². The van der Waals surface area contributed by atoms with Gasteiger partial charge in [0.25, 0.3) is 0 Å². The van der Waals surface area contributed by atoms with Crippen molar-refractivity contribution in [2.45, 2.75) is 65.3 Å². The first-order valence-corrected chi connectivity index (χ1v) is 8.40. The van der Waals surface area contributed by atoms with Gasteiger partial charge in [0.05, 0.1) is 17.8 Å². The number of esters is 1. The minimum Gasteiger partial charge on any atom is -0.476 e. The van der Waals surface area contributed by atoms with Crippen LogP contribution < -0.4 is 10.2 Å². The third kappa shape index (κ3) is 4.15. The molecule has 0 aliphatic carbocycles. The van der Waals surface area contributed by atoms with Crippen molar-refractivity contribution in [3.63, 3.8) is 0 Å². The average molecular weight is 352 g/mol. The van der Waals surface area contributed by atoms with Gasteiger partial charge in [0, 0.05) is 6.07 Å². The molecule has 0 saturated carbocycles. The monoisotopic (exact) mass is 352 g/mol. The Kier molecular flexibility index (Phi) is 5.22. The Morgan fingerprint density at radius 1 is 1.16 bits per heavy atom. The van der Waals surface area contributed by atoms with Crippen molar-refractivity contribution < 1.29 is 28.0 Å². The maximum atomic E-state index is 14.1. The second-order valence-electron chi connectivity index (χ2n) is 7.64. The van der Waals surface area contributed by atoms with Crippen LogP contribution in [-0.2, 0) is 18.8 Å². The number of rotatable bonds is 5. The summed E-state index contributed by atoms with van der Waals surface area (Å²) in [5.41, 5.74) is -1.81. The molecule has 0 atom stereocenters. The molecule has 2 rings (SSSR count). The van der Waals surface area contributed by atoms with E-state index in [9.17, 15) is 9.18 Å². The highest BCUT2D eigenvalue weighted by atomic mass is 19.1. The summed E-state index contributed by atoms with van der Waals surface area (Å²) in [4.78, 5) is 12.0. The number of carbonyl (C=O) groups excluding carboxylic acids is 1. The largest absolute Gasteiger partial charge is 0.495 e. The molecule has 1 aliphatic rings. The van der Waals surface area contributed by atoms with Crippen LogP contribution in [-0.4, -0.2) is 36.5 Å². The van der Waals surface area contributed by atoms with Gasteiger partial charge < -0.3 is 18.8 Å². The zero-order chi connectivity index (χ0) is 19.0. The fourth-order valence-corrected chi connectivity index (χ4v) is 2.40. The van der Waals surface area contributed by atoms with E-state index in [2.05, 4.69) is 0 Å². The smallest absolute Gasteiger partial charge is 0.476 e. The molecule has 0 spiro atoms. The van der Waals surface area contributed by atoms with E-state index in [-0.39, 0.29) is 12.4 Å². The molecule has 0 radical (unpaired) electrons. The summed E-state index contributed by atoms with van der Waals surface area (Å²) in [5.74, 6) is -0.805. The number of hydrogen-bond donors (Lipinski definition) is 0. The van der Waals surface area contributed by atoms with E-state index in [1.165, 1.54) is 12.1 Å². The van der Waals surface area contributed by atoms with Crippen LogP contribution in [0.5, 0.6) is 5.75 Å². The molecule has 1 heterocycles. The fraction of sp³-hybridized carbons (Fsp3) is 0.611. The molecule has 0 amide bonds. The Hall–Kier alpha value is -1.60. The molecule has 7 heteroatoms. The standard InChI is InChI=1S/C18H26BFO5/c1-8-22-15(21)16(2,3)23-14-10-12(9-13(20)11-14)19-24-17(4,5)18(6,7)25-19/h9-11H,8H2,1-7H3. The maximum absolute atomic E-state index is 14.1. The molecule has 1 fully saturated rings. The van der Waals surface area contributed by atoms with Gasteiger partial charge in [-0.3, -0.25) is 0 Å². The molecule has 0 aromatic heterocycles. The SMILES string of the molecule is CCOC(=O)C(C)(C)Oc1cc(F)cc(B2OC(C)(C)C(C)(C)O2)c1. The van der Waals surface area contributed by atoms with Gasteiger partial charge in [-0.1, -0.05) is 0 Å². The summed E-state index contributed by atoms with van der Waals surface area (Å²) < 4.78 is 36.6. The summed E-state index contributed by atoms with van der Waals surface area (Å²) >= 11 is 0. The predicted octanol–water partition coefficient (Wildman–Crippen LogP) is 2.85. The summed E-state index contributed by atoms with van der Waals surface area (Å²) in [6.45, 7) is 12.8. The van der Waals surface area contributed by atoms with Crippen LogP contribution in [0, 0.1) is 5.82 Å². The lowest BCUT2D eigenvalue weighted by molar-refractivity contribution is -0.158. The van der Waals surface area contributed by atoms with Crippen molar-refractivity contribution >= 4 is 18.6 Å². The zero-order valence-corrected chi connectivity index (χ0v) is 15.9. The van der Waals surface area contributed by atoms with E-state index in [0.717, 1.165) is 0 Å². The lowest BCUT2D eigenvalue weighted by atomic mass is 9.79. The van der Waals surface area contributed by atoms with Gasteiger partial charge in [-0.15, -0.1) is 0 Å². The molecule has 1 aliphatic heterocycles. The van der Waals surface area contributed by atoms with Crippen molar-refractivity contribution in [3.05, 3.63) is 24.0 Å². The van der Waals surface area contributed by atoms with Gasteiger partial charge in [0.2, 0.25) is 0 Å². The number of hydrogen-bond acceptors (Lipinski definition) is 5. The Morgan fingerprint density at radius 2 is 1.72 bits per heavy atom. The maximum Gasteiger partial charge on any atom is 0.495 e. The molecule has 5 nitrogen and oxygen atoms in total. The highest BCUT2D eigenvalue weighted by Gasteiger charge is 2.52. The highest BCUT2D eigenvalue weighted by Crippen LogP contribution is 2.36. The van der Waals surface area contributed by atoms with Gasteiger partial charge >= 0.3 is 13.1 Å². The number of ether oxygens (including phenoxy) is 2. The van der Waals surface area contributed by atoms with Crippen molar-refractivity contribution in [2.24, 2.45) is 0 Å². The van der Waals surface area contributed by atoms with E-state index in [0.29, 0.717) is 5.46 Å². The van der Waals surface area contributed by atoms with Gasteiger partial charge in [-0.25, -0.2) is 9.18 Å². The van der Waals surface area contributed by atoms with Gasteiger partial charge in [0.15, 0.2) is 5.60 Å². The van der Waals surface area contributed by atoms with Crippen molar-refractivity contribution in [1.82, 2.24) is 0 Å². The third-order valence-corrected chi connectivity index (χ3v) is 4.56. The van der Waals surface area contributed by atoms with E-state index in [4.69, 9.17) is 18.8 Å². The van der Waals surface area contributed by atoms with E-state index >= 15 is 0 Å². The summed E-state index contributed by atoms with van der Waals surface area (Å²) in [5, 5.41) is 0. The molecule has 1 aromatic carbocycles. The Labute approximate surface area is 148 Å². The number of carbonyl (C=O) groups is 1. The lowest BCUT2D eigenvalue weighted by Crippen LogP contribution is -2.41. The van der Waals surface area contributed by atoms with Crippen LogP contribution in [0.15, 0.2) is 18.2 Å². The first-order valence-electron chi connectivity index (χ1n) is 8.40. The van der Waals surface area contributed by atoms with Crippen LogP contribution in [0.4, 0.5) is 4.39 Å². The van der Waals surface area contributed by atoms with Gasteiger partial charge in [-0.2, -0.15) is 0 Å². The van der Waals surface area contributed by atoms with Crippen LogP contribution in [0.2, 0.25) is 0 Å². The minimum absolute atomic E-state index is 0.211. The normalized spacial score (nSPS) is 19.0. The number of halogens is 1. The fourth-order valence-electron chi connectivity index (χ4n) is 2.40. The third-order valence-electron chi connectivity index (χ3n) is 4.56. The van der Waals surface area contributed by atoms with Crippen molar-refractivity contribution in [1.29, 1.82) is 0 Å². The van der Waals surface area contributed by atoms with Crippen molar-refractivity contribution in [3.8, 4) is 5.75 Å². The van der Waals surface area contributed by atoms with Crippen LogP contribution >= 0.6 is 0 Å². The predicted molar refractivity (Wildman–Crippen MR) is 93.5 cm³/mol. The molecule has 1 saturated heterocycles. The molecule has 0 bridgehead atoms. The second kappa shape index (κ2) is 6.61. The molecule has 0 unspecified atom stereocenters. The summed E-state index contributed by atoms with van der Waals surface area (Å²) in [6, 6.07) is 4.17. The molecular weight excluding hydrogens is 326 g/mol. The van der Waals surface area contributed by atoms with E-state index in [1.54, 1.807) is 26.8 Å². The molecule has 0 N–H and O–H groups in total. The number of benzene rings is 1. The molecular formula is C18H26BFO5.